The molecule has 6 heteroatoms. The lowest BCUT2D eigenvalue weighted by Gasteiger charge is -2.20. The Morgan fingerprint density at radius 3 is 2.79 bits per heavy atom. The molecule has 1 N–H and O–H groups in total. The summed E-state index contributed by atoms with van der Waals surface area (Å²) >= 11 is 3.48. The zero-order valence-electron chi connectivity index (χ0n) is 13.9. The van der Waals surface area contributed by atoms with Crippen molar-refractivity contribution in [1.29, 1.82) is 0 Å². The van der Waals surface area contributed by atoms with Crippen LogP contribution in [0.2, 0.25) is 0 Å². The molecule has 0 saturated heterocycles. The third kappa shape index (κ3) is 5.45. The van der Waals surface area contributed by atoms with E-state index in [1.54, 1.807) is 18.5 Å². The van der Waals surface area contributed by atoms with Crippen LogP contribution in [-0.2, 0) is 10.2 Å². The van der Waals surface area contributed by atoms with Crippen LogP contribution < -0.4 is 10.2 Å². The fraction of sp³-hybridized carbons (Fsp3) is 0.278. The molecule has 2 aromatic rings. The molecule has 0 aliphatic rings. The molecule has 0 aliphatic carbocycles. The van der Waals surface area contributed by atoms with Crippen LogP contribution in [-0.4, -0.2) is 23.7 Å². The van der Waals surface area contributed by atoms with E-state index >= 15 is 0 Å². The predicted molar refractivity (Wildman–Crippen MR) is 98.3 cm³/mol. The fourth-order valence-corrected chi connectivity index (χ4v) is 2.38. The number of nitrogens with one attached hydrogen (secondary N) is 1. The van der Waals surface area contributed by atoms with Gasteiger partial charge in [0, 0.05) is 18.0 Å². The minimum Gasteiger partial charge on any atom is -0.483 e. The van der Waals surface area contributed by atoms with Gasteiger partial charge in [-0.3, -0.25) is 9.78 Å². The van der Waals surface area contributed by atoms with Crippen LogP contribution in [0.1, 0.15) is 31.9 Å². The Morgan fingerprint density at radius 1 is 1.38 bits per heavy atom. The maximum atomic E-state index is 11.8. The quantitative estimate of drug-likeness (QED) is 0.626. The molecule has 126 valence electrons. The van der Waals surface area contributed by atoms with Crippen LogP contribution in [0.3, 0.4) is 0 Å². The first-order valence-electron chi connectivity index (χ1n) is 7.51. The molecule has 0 bridgehead atoms. The lowest BCUT2D eigenvalue weighted by molar-refractivity contribution is -0.123. The molecule has 24 heavy (non-hydrogen) atoms. The summed E-state index contributed by atoms with van der Waals surface area (Å²) in [6, 6.07) is 9.50. The van der Waals surface area contributed by atoms with Gasteiger partial charge in [0.05, 0.1) is 10.7 Å². The number of hydrogen-bond donors (Lipinski definition) is 1. The van der Waals surface area contributed by atoms with Gasteiger partial charge < -0.3 is 4.74 Å². The van der Waals surface area contributed by atoms with Gasteiger partial charge in [0.15, 0.2) is 6.61 Å². The van der Waals surface area contributed by atoms with E-state index in [0.29, 0.717) is 5.75 Å². The molecule has 1 heterocycles. The molecule has 0 spiro atoms. The number of rotatable bonds is 5. The first-order chi connectivity index (χ1) is 11.4. The lowest BCUT2D eigenvalue weighted by atomic mass is 9.87. The van der Waals surface area contributed by atoms with Crippen LogP contribution in [0.15, 0.2) is 52.3 Å². The van der Waals surface area contributed by atoms with Gasteiger partial charge in [0.2, 0.25) is 0 Å². The van der Waals surface area contributed by atoms with E-state index < -0.39 is 0 Å². The minimum absolute atomic E-state index is 0.0550. The molecule has 0 atom stereocenters. The second-order valence-corrected chi connectivity index (χ2v) is 7.12. The SMILES string of the molecule is CC(C)(C)c1ccc(OCC(=O)NN=Cc2cccnc2)c(Br)c1. The van der Waals surface area contributed by atoms with Crippen molar-refractivity contribution in [2.75, 3.05) is 6.61 Å². The van der Waals surface area contributed by atoms with Crippen LogP contribution in [0.5, 0.6) is 5.75 Å². The number of hydrazone groups is 1. The third-order valence-electron chi connectivity index (χ3n) is 3.24. The number of carbonyl (C=O) groups is 1. The van der Waals surface area contributed by atoms with Crippen molar-refractivity contribution >= 4 is 28.1 Å². The monoisotopic (exact) mass is 389 g/mol. The Balaban J connectivity index is 1.87. The van der Waals surface area contributed by atoms with E-state index in [0.717, 1.165) is 10.0 Å². The Kier molecular flexibility index (Phi) is 6.09. The number of ether oxygens (including phenoxy) is 1. The Hall–Kier alpha value is -2.21. The van der Waals surface area contributed by atoms with Crippen molar-refractivity contribution < 1.29 is 9.53 Å². The topological polar surface area (TPSA) is 63.6 Å². The predicted octanol–water partition coefficient (Wildman–Crippen LogP) is 3.67. The zero-order chi connectivity index (χ0) is 17.6. The van der Waals surface area contributed by atoms with E-state index in [9.17, 15) is 4.79 Å². The molecule has 1 aromatic heterocycles. The zero-order valence-corrected chi connectivity index (χ0v) is 15.5. The molecular formula is C18H20BrN3O2. The van der Waals surface area contributed by atoms with Crippen LogP contribution in [0.25, 0.3) is 0 Å². The van der Waals surface area contributed by atoms with Crippen molar-refractivity contribution in [2.24, 2.45) is 5.10 Å². The lowest BCUT2D eigenvalue weighted by Crippen LogP contribution is -2.24. The standard InChI is InChI=1S/C18H20BrN3O2/c1-18(2,3)14-6-7-16(15(19)9-14)24-12-17(23)22-21-11-13-5-4-8-20-10-13/h4-11H,12H2,1-3H3,(H,22,23). The van der Waals surface area contributed by atoms with E-state index in [-0.39, 0.29) is 17.9 Å². The van der Waals surface area contributed by atoms with E-state index in [2.05, 4.69) is 52.2 Å². The molecular weight excluding hydrogens is 370 g/mol. The summed E-state index contributed by atoms with van der Waals surface area (Å²) in [6.45, 7) is 6.31. The summed E-state index contributed by atoms with van der Waals surface area (Å²) in [5, 5.41) is 3.87. The molecule has 0 fully saturated rings. The second-order valence-electron chi connectivity index (χ2n) is 6.26. The van der Waals surface area contributed by atoms with Gasteiger partial charge in [0.25, 0.3) is 5.91 Å². The van der Waals surface area contributed by atoms with E-state index in [1.165, 1.54) is 11.8 Å². The summed E-state index contributed by atoms with van der Waals surface area (Å²) < 4.78 is 6.34. The van der Waals surface area contributed by atoms with Crippen LogP contribution in [0.4, 0.5) is 0 Å². The Morgan fingerprint density at radius 2 is 2.17 bits per heavy atom. The highest BCUT2D eigenvalue weighted by atomic mass is 79.9. The number of nitrogens with zero attached hydrogens (tertiary/aromatic N) is 2. The normalized spacial score (nSPS) is 11.5. The number of aromatic nitrogens is 1. The molecule has 5 nitrogen and oxygen atoms in total. The Labute approximate surface area is 150 Å². The van der Waals surface area contributed by atoms with E-state index in [1.807, 2.05) is 24.3 Å². The minimum atomic E-state index is -0.332. The number of pyridine rings is 1. The summed E-state index contributed by atoms with van der Waals surface area (Å²) in [5.41, 5.74) is 4.47. The van der Waals surface area contributed by atoms with Crippen molar-refractivity contribution in [3.05, 3.63) is 58.3 Å². The Bertz CT molecular complexity index is 725. The molecule has 1 amide bonds. The molecule has 1 aromatic carbocycles. The average molecular weight is 390 g/mol. The maximum Gasteiger partial charge on any atom is 0.277 e. The molecule has 0 radical (unpaired) electrons. The highest BCUT2D eigenvalue weighted by molar-refractivity contribution is 9.10. The first-order valence-corrected chi connectivity index (χ1v) is 8.30. The summed E-state index contributed by atoms with van der Waals surface area (Å²) in [5.74, 6) is 0.288. The highest BCUT2D eigenvalue weighted by Crippen LogP contribution is 2.31. The number of hydrogen-bond acceptors (Lipinski definition) is 4. The average Bonchev–Trinajstić information content (AvgIpc) is 2.54. The van der Waals surface area contributed by atoms with Crippen molar-refractivity contribution in [3.63, 3.8) is 0 Å². The maximum absolute atomic E-state index is 11.8. The van der Waals surface area contributed by atoms with Crippen molar-refractivity contribution in [2.45, 2.75) is 26.2 Å². The molecule has 0 unspecified atom stereocenters. The largest absolute Gasteiger partial charge is 0.483 e. The fourth-order valence-electron chi connectivity index (χ4n) is 1.89. The first kappa shape index (κ1) is 18.1. The summed E-state index contributed by atoms with van der Waals surface area (Å²) in [4.78, 5) is 15.7. The number of carbonyl (C=O) groups excluding carboxylic acids is 1. The summed E-state index contributed by atoms with van der Waals surface area (Å²) in [6.07, 6.45) is 4.85. The number of halogens is 1. The van der Waals surface area contributed by atoms with Crippen molar-refractivity contribution in [1.82, 2.24) is 10.4 Å². The number of amides is 1. The van der Waals surface area contributed by atoms with Gasteiger partial charge >= 0.3 is 0 Å². The highest BCUT2D eigenvalue weighted by Gasteiger charge is 2.15. The van der Waals surface area contributed by atoms with Crippen LogP contribution >= 0.6 is 15.9 Å². The van der Waals surface area contributed by atoms with Gasteiger partial charge in [-0.15, -0.1) is 0 Å². The number of benzene rings is 1. The van der Waals surface area contributed by atoms with Gasteiger partial charge in [0.1, 0.15) is 5.75 Å². The molecule has 2 rings (SSSR count). The van der Waals surface area contributed by atoms with E-state index in [4.69, 9.17) is 4.74 Å². The summed E-state index contributed by atoms with van der Waals surface area (Å²) in [7, 11) is 0. The molecule has 0 saturated carbocycles. The third-order valence-corrected chi connectivity index (χ3v) is 3.86. The van der Waals surface area contributed by atoms with Gasteiger partial charge in [-0.2, -0.15) is 5.10 Å². The van der Waals surface area contributed by atoms with Crippen LogP contribution in [0, 0.1) is 0 Å². The van der Waals surface area contributed by atoms with Gasteiger partial charge in [-0.05, 0) is 45.1 Å². The second kappa shape index (κ2) is 8.06. The van der Waals surface area contributed by atoms with Gasteiger partial charge in [-0.1, -0.05) is 32.9 Å². The van der Waals surface area contributed by atoms with Gasteiger partial charge in [-0.25, -0.2) is 5.43 Å². The smallest absolute Gasteiger partial charge is 0.277 e. The molecule has 0 aliphatic heterocycles. The van der Waals surface area contributed by atoms with Crippen molar-refractivity contribution in [3.8, 4) is 5.75 Å².